The van der Waals surface area contributed by atoms with Gasteiger partial charge in [-0.2, -0.15) is 0 Å². The highest BCUT2D eigenvalue weighted by atomic mass is 16.3. The second kappa shape index (κ2) is 12.6. The third kappa shape index (κ3) is 5.20. The van der Waals surface area contributed by atoms with Gasteiger partial charge < -0.3 is 13.7 Å². The molecule has 0 aliphatic heterocycles. The molecule has 0 saturated heterocycles. The van der Waals surface area contributed by atoms with Crippen LogP contribution in [-0.4, -0.2) is 0 Å². The first-order valence-electron chi connectivity index (χ1n) is 18.7. The minimum absolute atomic E-state index is 0.891. The van der Waals surface area contributed by atoms with Gasteiger partial charge in [0.2, 0.25) is 0 Å². The first-order chi connectivity index (χ1) is 27.3. The van der Waals surface area contributed by atoms with E-state index in [1.54, 1.807) is 0 Å². The summed E-state index contributed by atoms with van der Waals surface area (Å²) in [7, 11) is 0. The van der Waals surface area contributed by atoms with E-state index in [2.05, 4.69) is 181 Å². The van der Waals surface area contributed by atoms with Crippen LogP contribution in [0.25, 0.3) is 88.0 Å². The Kier molecular flexibility index (Phi) is 7.17. The summed E-state index contributed by atoms with van der Waals surface area (Å²) in [6, 6.07) is 71.0. The van der Waals surface area contributed by atoms with E-state index in [1.807, 2.05) is 24.3 Å². The summed E-state index contributed by atoms with van der Waals surface area (Å²) in [6.45, 7) is 0. The van der Waals surface area contributed by atoms with Crippen molar-refractivity contribution in [1.29, 1.82) is 0 Å². The van der Waals surface area contributed by atoms with Crippen molar-refractivity contribution in [2.24, 2.45) is 0 Å². The molecule has 9 aromatic carbocycles. The first-order valence-corrected chi connectivity index (χ1v) is 18.7. The molecule has 0 fully saturated rings. The van der Waals surface area contributed by atoms with Gasteiger partial charge in [-0.25, -0.2) is 0 Å². The van der Waals surface area contributed by atoms with E-state index in [0.29, 0.717) is 0 Å². The van der Waals surface area contributed by atoms with Gasteiger partial charge >= 0.3 is 0 Å². The summed E-state index contributed by atoms with van der Waals surface area (Å²) in [5.74, 6) is 0. The van der Waals surface area contributed by atoms with Gasteiger partial charge in [0.05, 0.1) is 5.69 Å². The number of nitrogens with zero attached hydrogens (tertiary/aromatic N) is 1. The lowest BCUT2D eigenvalue weighted by Gasteiger charge is -2.28. The lowest BCUT2D eigenvalue weighted by Crippen LogP contribution is -2.11. The van der Waals surface area contributed by atoms with E-state index in [9.17, 15) is 0 Å². The fraction of sp³-hybridized carbons (Fsp3) is 0. The predicted molar refractivity (Wildman–Crippen MR) is 229 cm³/mol. The molecule has 3 heteroatoms. The van der Waals surface area contributed by atoms with Crippen LogP contribution >= 0.6 is 0 Å². The number of anilines is 3. The molecule has 0 amide bonds. The van der Waals surface area contributed by atoms with Gasteiger partial charge in [0.1, 0.15) is 22.3 Å². The van der Waals surface area contributed by atoms with Crippen LogP contribution in [0.5, 0.6) is 0 Å². The number of hydrogen-bond donors (Lipinski definition) is 0. The lowest BCUT2D eigenvalue weighted by molar-refractivity contribution is 0.669. The molecule has 0 saturated carbocycles. The van der Waals surface area contributed by atoms with Crippen LogP contribution in [0, 0.1) is 0 Å². The molecule has 0 radical (unpaired) electrons. The highest BCUT2D eigenvalue weighted by Crippen LogP contribution is 2.45. The van der Waals surface area contributed by atoms with E-state index < -0.39 is 0 Å². The molecule has 0 N–H and O–H groups in total. The number of furan rings is 2. The van der Waals surface area contributed by atoms with Crippen LogP contribution in [-0.2, 0) is 0 Å². The lowest BCUT2D eigenvalue weighted by atomic mass is 9.94. The summed E-state index contributed by atoms with van der Waals surface area (Å²) < 4.78 is 12.8. The third-order valence-electron chi connectivity index (χ3n) is 10.9. The summed E-state index contributed by atoms with van der Waals surface area (Å²) >= 11 is 0. The van der Waals surface area contributed by atoms with Crippen molar-refractivity contribution in [3.63, 3.8) is 0 Å². The molecular weight excluding hydrogens is 671 g/mol. The third-order valence-corrected chi connectivity index (χ3v) is 10.9. The molecule has 0 aliphatic carbocycles. The van der Waals surface area contributed by atoms with Gasteiger partial charge in [0, 0.05) is 44.0 Å². The zero-order valence-corrected chi connectivity index (χ0v) is 29.8. The predicted octanol–water partition coefficient (Wildman–Crippen LogP) is 15.1. The molecule has 0 atom stereocenters. The van der Waals surface area contributed by atoms with Crippen molar-refractivity contribution in [2.75, 3.05) is 4.90 Å². The number of hydrogen-bond acceptors (Lipinski definition) is 3. The number of fused-ring (bicyclic) bond motifs is 7. The number of rotatable bonds is 6. The molecule has 3 nitrogen and oxygen atoms in total. The Hall–Kier alpha value is -7.36. The zero-order chi connectivity index (χ0) is 36.3. The first kappa shape index (κ1) is 31.2. The Morgan fingerprint density at radius 2 is 0.873 bits per heavy atom. The molecule has 0 unspecified atom stereocenters. The topological polar surface area (TPSA) is 29.5 Å². The van der Waals surface area contributed by atoms with E-state index in [4.69, 9.17) is 8.83 Å². The summed E-state index contributed by atoms with van der Waals surface area (Å²) in [4.78, 5) is 2.37. The van der Waals surface area contributed by atoms with Gasteiger partial charge in [0.15, 0.2) is 0 Å². The van der Waals surface area contributed by atoms with Crippen molar-refractivity contribution >= 4 is 71.7 Å². The molecule has 0 bridgehead atoms. The van der Waals surface area contributed by atoms with Crippen LogP contribution in [0.1, 0.15) is 0 Å². The Morgan fingerprint density at radius 1 is 0.309 bits per heavy atom. The highest BCUT2D eigenvalue weighted by Gasteiger charge is 2.20. The van der Waals surface area contributed by atoms with Gasteiger partial charge in [-0.3, -0.25) is 0 Å². The molecule has 258 valence electrons. The monoisotopic (exact) mass is 703 g/mol. The Morgan fingerprint density at radius 3 is 1.65 bits per heavy atom. The normalized spacial score (nSPS) is 11.6. The molecule has 55 heavy (non-hydrogen) atoms. The SMILES string of the molecule is c1ccc(-c2ccc(N(c3ccc(-c4cccc5c4oc4ccccc45)cc3)c3ccccc3-c3cccc4cc5c(cc34)oc3ccccc35)cc2)cc1. The molecule has 11 aromatic rings. The van der Waals surface area contributed by atoms with Gasteiger partial charge in [-0.1, -0.05) is 146 Å². The second-order valence-electron chi connectivity index (χ2n) is 14.1. The highest BCUT2D eigenvalue weighted by molar-refractivity contribution is 6.13. The molecule has 2 aromatic heterocycles. The van der Waals surface area contributed by atoms with Crippen molar-refractivity contribution < 1.29 is 8.83 Å². The maximum absolute atomic E-state index is 6.43. The van der Waals surface area contributed by atoms with Crippen LogP contribution in [0.4, 0.5) is 17.1 Å². The van der Waals surface area contributed by atoms with Crippen molar-refractivity contribution in [3.8, 4) is 33.4 Å². The van der Waals surface area contributed by atoms with E-state index >= 15 is 0 Å². The Balaban J connectivity index is 1.08. The maximum atomic E-state index is 6.43. The fourth-order valence-corrected chi connectivity index (χ4v) is 8.25. The van der Waals surface area contributed by atoms with Crippen LogP contribution in [0.3, 0.4) is 0 Å². The Labute approximate surface area is 317 Å². The van der Waals surface area contributed by atoms with E-state index in [-0.39, 0.29) is 0 Å². The van der Waals surface area contributed by atoms with Crippen LogP contribution in [0.2, 0.25) is 0 Å². The van der Waals surface area contributed by atoms with E-state index in [0.717, 1.165) is 88.6 Å². The molecule has 2 heterocycles. The smallest absolute Gasteiger partial charge is 0.143 e. The minimum Gasteiger partial charge on any atom is -0.456 e. The molecule has 0 spiro atoms. The number of benzene rings is 9. The maximum Gasteiger partial charge on any atom is 0.143 e. The van der Waals surface area contributed by atoms with Crippen molar-refractivity contribution in [1.82, 2.24) is 0 Å². The van der Waals surface area contributed by atoms with Gasteiger partial charge in [-0.15, -0.1) is 0 Å². The second-order valence-corrected chi connectivity index (χ2v) is 14.1. The minimum atomic E-state index is 0.891. The average Bonchev–Trinajstić information content (AvgIpc) is 3.82. The zero-order valence-electron chi connectivity index (χ0n) is 29.8. The summed E-state index contributed by atoms with van der Waals surface area (Å²) in [5.41, 5.74) is 13.6. The van der Waals surface area contributed by atoms with E-state index in [1.165, 1.54) is 16.5 Å². The molecule has 11 rings (SSSR count). The Bertz CT molecular complexity index is 3190. The summed E-state index contributed by atoms with van der Waals surface area (Å²) in [5, 5.41) is 6.85. The quantitative estimate of drug-likeness (QED) is 0.173. The van der Waals surface area contributed by atoms with Crippen molar-refractivity contribution in [3.05, 3.63) is 200 Å². The standard InChI is InChI=1S/C52H33NO2/c1-2-12-34(13-3-1)35-24-28-38(29-25-35)53(39-30-26-36(27-31-39)40-18-11-20-45-43-16-5-9-23-50(43)55-52(40)45)48-21-7-4-15-42(48)41-19-10-14-37-32-47-44-17-6-8-22-49(44)54-51(47)33-46(37)41/h1-33H. The fourth-order valence-electron chi connectivity index (χ4n) is 8.25. The van der Waals surface area contributed by atoms with Crippen LogP contribution < -0.4 is 4.90 Å². The summed E-state index contributed by atoms with van der Waals surface area (Å²) in [6.07, 6.45) is 0. The van der Waals surface area contributed by atoms with Crippen molar-refractivity contribution in [2.45, 2.75) is 0 Å². The van der Waals surface area contributed by atoms with Crippen LogP contribution in [0.15, 0.2) is 209 Å². The van der Waals surface area contributed by atoms with Gasteiger partial charge in [-0.05, 0) is 87.6 Å². The van der Waals surface area contributed by atoms with Gasteiger partial charge in [0.25, 0.3) is 0 Å². The average molecular weight is 704 g/mol. The molecular formula is C52H33NO2. The number of para-hydroxylation sites is 4. The largest absolute Gasteiger partial charge is 0.456 e. The molecule has 0 aliphatic rings.